The van der Waals surface area contributed by atoms with Crippen LogP contribution in [0.3, 0.4) is 0 Å². The van der Waals surface area contributed by atoms with Gasteiger partial charge in [-0.15, -0.1) is 0 Å². The van der Waals surface area contributed by atoms with Gasteiger partial charge in [-0.3, -0.25) is 4.79 Å². The van der Waals surface area contributed by atoms with E-state index < -0.39 is 10.0 Å². The SMILES string of the molecule is CC(C)c1noc(C2CN(C(=O)c3ccc(S(=O)(=O)N4CCOCC4)cc3)C2)n1. The van der Waals surface area contributed by atoms with Crippen molar-refractivity contribution in [2.75, 3.05) is 39.4 Å². The van der Waals surface area contributed by atoms with E-state index in [1.54, 1.807) is 17.0 Å². The maximum absolute atomic E-state index is 12.7. The topological polar surface area (TPSA) is 106 Å². The molecule has 0 atom stereocenters. The molecule has 10 heteroatoms. The molecule has 3 heterocycles. The Hall–Kier alpha value is -2.30. The van der Waals surface area contributed by atoms with Gasteiger partial charge in [0.15, 0.2) is 5.82 Å². The second-order valence-corrected chi connectivity index (χ2v) is 9.53. The molecule has 0 aliphatic carbocycles. The zero-order chi connectivity index (χ0) is 20.6. The van der Waals surface area contributed by atoms with Gasteiger partial charge in [0.1, 0.15) is 0 Å². The zero-order valence-corrected chi connectivity index (χ0v) is 17.3. The Kier molecular flexibility index (Phi) is 5.41. The first-order chi connectivity index (χ1) is 13.9. The molecular formula is C19H24N4O5S. The number of likely N-dealkylation sites (tertiary alicyclic amines) is 1. The molecule has 2 fully saturated rings. The normalized spacial score (nSPS) is 18.8. The molecule has 0 bridgehead atoms. The molecule has 2 aliphatic heterocycles. The number of sulfonamides is 1. The van der Waals surface area contributed by atoms with E-state index in [1.165, 1.54) is 16.4 Å². The van der Waals surface area contributed by atoms with Gasteiger partial charge in [-0.25, -0.2) is 8.42 Å². The Labute approximate surface area is 169 Å². The summed E-state index contributed by atoms with van der Waals surface area (Å²) < 4.78 is 37.3. The van der Waals surface area contributed by atoms with Crippen molar-refractivity contribution in [2.24, 2.45) is 0 Å². The molecule has 1 aromatic carbocycles. The van der Waals surface area contributed by atoms with Crippen LogP contribution in [0, 0.1) is 0 Å². The molecule has 2 saturated heterocycles. The van der Waals surface area contributed by atoms with E-state index in [0.29, 0.717) is 56.7 Å². The predicted octanol–water partition coefficient (Wildman–Crippen LogP) is 1.45. The van der Waals surface area contributed by atoms with Crippen molar-refractivity contribution in [3.8, 4) is 0 Å². The minimum absolute atomic E-state index is 0.0416. The van der Waals surface area contributed by atoms with Crippen molar-refractivity contribution in [3.63, 3.8) is 0 Å². The van der Waals surface area contributed by atoms with Crippen LogP contribution >= 0.6 is 0 Å². The first kappa shape index (κ1) is 20.0. The number of aromatic nitrogens is 2. The number of amides is 1. The van der Waals surface area contributed by atoms with E-state index in [4.69, 9.17) is 9.26 Å². The fourth-order valence-electron chi connectivity index (χ4n) is 3.34. The van der Waals surface area contributed by atoms with E-state index in [0.717, 1.165) is 0 Å². The Morgan fingerprint density at radius 1 is 1.14 bits per heavy atom. The molecule has 0 radical (unpaired) electrons. The maximum atomic E-state index is 12.7. The monoisotopic (exact) mass is 420 g/mol. The second-order valence-electron chi connectivity index (χ2n) is 7.59. The lowest BCUT2D eigenvalue weighted by molar-refractivity contribution is 0.0569. The Morgan fingerprint density at radius 3 is 2.38 bits per heavy atom. The van der Waals surface area contributed by atoms with Gasteiger partial charge >= 0.3 is 0 Å². The molecule has 2 aliphatic rings. The van der Waals surface area contributed by atoms with Gasteiger partial charge in [-0.2, -0.15) is 9.29 Å². The second kappa shape index (κ2) is 7.85. The van der Waals surface area contributed by atoms with Crippen LogP contribution in [0.1, 0.15) is 47.8 Å². The minimum Gasteiger partial charge on any atom is -0.379 e. The summed E-state index contributed by atoms with van der Waals surface area (Å²) in [4.78, 5) is 18.9. The van der Waals surface area contributed by atoms with Crippen molar-refractivity contribution in [3.05, 3.63) is 41.5 Å². The number of carbonyl (C=O) groups excluding carboxylic acids is 1. The van der Waals surface area contributed by atoms with Crippen LogP contribution in [0.25, 0.3) is 0 Å². The van der Waals surface area contributed by atoms with Crippen molar-refractivity contribution >= 4 is 15.9 Å². The van der Waals surface area contributed by atoms with Gasteiger partial charge in [-0.1, -0.05) is 19.0 Å². The van der Waals surface area contributed by atoms with Gasteiger partial charge in [0, 0.05) is 37.7 Å². The molecule has 156 valence electrons. The Bertz CT molecular complexity index is 974. The molecule has 0 N–H and O–H groups in total. The minimum atomic E-state index is -3.57. The lowest BCUT2D eigenvalue weighted by Crippen LogP contribution is -2.48. The molecule has 29 heavy (non-hydrogen) atoms. The van der Waals surface area contributed by atoms with Crippen LogP contribution in [-0.2, 0) is 14.8 Å². The number of carbonyl (C=O) groups is 1. The number of ether oxygens (including phenoxy) is 1. The summed E-state index contributed by atoms with van der Waals surface area (Å²) in [5.41, 5.74) is 0.456. The molecule has 4 rings (SSSR count). The number of nitrogens with zero attached hydrogens (tertiary/aromatic N) is 4. The highest BCUT2D eigenvalue weighted by Crippen LogP contribution is 2.28. The third kappa shape index (κ3) is 3.92. The van der Waals surface area contributed by atoms with Gasteiger partial charge < -0.3 is 14.2 Å². The lowest BCUT2D eigenvalue weighted by Gasteiger charge is -2.37. The third-order valence-electron chi connectivity index (χ3n) is 5.20. The smallest absolute Gasteiger partial charge is 0.253 e. The van der Waals surface area contributed by atoms with E-state index in [1.807, 2.05) is 13.8 Å². The van der Waals surface area contributed by atoms with Gasteiger partial charge in [-0.05, 0) is 24.3 Å². The Morgan fingerprint density at radius 2 is 1.79 bits per heavy atom. The van der Waals surface area contributed by atoms with Gasteiger partial charge in [0.25, 0.3) is 5.91 Å². The number of morpholine rings is 1. The summed E-state index contributed by atoms with van der Waals surface area (Å²) in [7, 11) is -3.57. The zero-order valence-electron chi connectivity index (χ0n) is 16.4. The van der Waals surface area contributed by atoms with E-state index >= 15 is 0 Å². The van der Waals surface area contributed by atoms with Crippen LogP contribution in [0.5, 0.6) is 0 Å². The lowest BCUT2D eigenvalue weighted by atomic mass is 9.98. The molecular weight excluding hydrogens is 396 g/mol. The highest BCUT2D eigenvalue weighted by Gasteiger charge is 2.36. The highest BCUT2D eigenvalue weighted by atomic mass is 32.2. The van der Waals surface area contributed by atoms with Crippen molar-refractivity contribution < 1.29 is 22.5 Å². The first-order valence-corrected chi connectivity index (χ1v) is 11.1. The summed E-state index contributed by atoms with van der Waals surface area (Å²) in [6, 6.07) is 6.10. The molecule has 1 amide bonds. The summed E-state index contributed by atoms with van der Waals surface area (Å²) in [5, 5.41) is 3.96. The molecule has 0 saturated carbocycles. The van der Waals surface area contributed by atoms with Crippen molar-refractivity contribution in [2.45, 2.75) is 30.6 Å². The van der Waals surface area contributed by atoms with E-state index in [2.05, 4.69) is 10.1 Å². The average molecular weight is 420 g/mol. The van der Waals surface area contributed by atoms with Crippen LogP contribution in [-0.4, -0.2) is 73.1 Å². The molecule has 0 unspecified atom stereocenters. The van der Waals surface area contributed by atoms with Gasteiger partial charge in [0.2, 0.25) is 15.9 Å². The van der Waals surface area contributed by atoms with Gasteiger partial charge in [0.05, 0.1) is 24.0 Å². The number of rotatable bonds is 5. The van der Waals surface area contributed by atoms with Crippen molar-refractivity contribution in [1.29, 1.82) is 0 Å². The maximum Gasteiger partial charge on any atom is 0.253 e. The summed E-state index contributed by atoms with van der Waals surface area (Å²) in [6.07, 6.45) is 0. The molecule has 2 aromatic rings. The fourth-order valence-corrected chi connectivity index (χ4v) is 4.74. The summed E-state index contributed by atoms with van der Waals surface area (Å²) in [6.45, 7) is 6.47. The Balaban J connectivity index is 1.39. The number of hydrogen-bond acceptors (Lipinski definition) is 7. The van der Waals surface area contributed by atoms with Crippen molar-refractivity contribution in [1.82, 2.24) is 19.3 Å². The predicted molar refractivity (Wildman–Crippen MR) is 103 cm³/mol. The van der Waals surface area contributed by atoms with Crippen LogP contribution in [0.15, 0.2) is 33.7 Å². The molecule has 1 aromatic heterocycles. The van der Waals surface area contributed by atoms with Crippen LogP contribution < -0.4 is 0 Å². The fraction of sp³-hybridized carbons (Fsp3) is 0.526. The van der Waals surface area contributed by atoms with Crippen LogP contribution in [0.4, 0.5) is 0 Å². The third-order valence-corrected chi connectivity index (χ3v) is 7.11. The largest absolute Gasteiger partial charge is 0.379 e. The highest BCUT2D eigenvalue weighted by molar-refractivity contribution is 7.89. The average Bonchev–Trinajstić information content (AvgIpc) is 3.17. The standard InChI is InChI=1S/C19H24N4O5S/c1-13(2)17-20-18(28-21-17)15-11-22(12-15)19(24)14-3-5-16(6-4-14)29(25,26)23-7-9-27-10-8-23/h3-6,13,15H,7-12H2,1-2H3. The van der Waals surface area contributed by atoms with Crippen LogP contribution in [0.2, 0.25) is 0 Å². The first-order valence-electron chi connectivity index (χ1n) is 9.67. The summed E-state index contributed by atoms with van der Waals surface area (Å²) >= 11 is 0. The number of benzene rings is 1. The van der Waals surface area contributed by atoms with E-state index in [9.17, 15) is 13.2 Å². The molecule has 0 spiro atoms. The summed E-state index contributed by atoms with van der Waals surface area (Å²) in [5.74, 6) is 1.32. The number of hydrogen-bond donors (Lipinski definition) is 0. The molecule has 9 nitrogen and oxygen atoms in total. The quantitative estimate of drug-likeness (QED) is 0.721. The van der Waals surface area contributed by atoms with E-state index in [-0.39, 0.29) is 22.6 Å².